The number of alkyl carbamates (subject to hydrolysis) is 1. The molecule has 2 heterocycles. The van der Waals surface area contributed by atoms with Crippen molar-refractivity contribution in [3.05, 3.63) is 116 Å². The van der Waals surface area contributed by atoms with E-state index in [1.54, 1.807) is 0 Å². The minimum Gasteiger partial charge on any atom is -0.445 e. The van der Waals surface area contributed by atoms with Gasteiger partial charge < -0.3 is 24.5 Å². The van der Waals surface area contributed by atoms with Crippen molar-refractivity contribution in [3.63, 3.8) is 0 Å². The molecule has 2 N–H and O–H groups in total. The summed E-state index contributed by atoms with van der Waals surface area (Å²) in [5.74, 6) is 2.63. The average Bonchev–Trinajstić information content (AvgIpc) is 3.76. The van der Waals surface area contributed by atoms with Crippen molar-refractivity contribution in [2.45, 2.75) is 58.2 Å². The molecule has 0 unspecified atom stereocenters. The molecular weight excluding hydrogens is 989 g/mol. The Kier molecular flexibility index (Phi) is 20.5. The number of imidazole rings is 2. The van der Waals surface area contributed by atoms with Crippen LogP contribution in [0.5, 0.6) is 0 Å². The first-order chi connectivity index (χ1) is 26.3. The monoisotopic (exact) mass is 1030 g/mol. The number of aromatic nitrogens is 4. The summed E-state index contributed by atoms with van der Waals surface area (Å²) in [4.78, 5) is 43.1. The SMILES string of the molecule is C[C@@H](NC(=O)CCCCl)c1nc(-c2ccc(I)cc2)cn1C.C[C@@H](NC(=O)OCc1ccccc1)c1nc(-c2ccc(I)cc2)cn1C.O=C(Cl)CCCCl. The van der Waals surface area contributed by atoms with E-state index in [-0.39, 0.29) is 29.8 Å². The molecule has 0 aliphatic rings. The number of aryl methyl sites for hydroxylation is 2. The van der Waals surface area contributed by atoms with Gasteiger partial charge in [-0.25, -0.2) is 14.8 Å². The second kappa shape index (κ2) is 24.5. The van der Waals surface area contributed by atoms with Crippen LogP contribution in [0, 0.1) is 7.14 Å². The van der Waals surface area contributed by atoms with Crippen molar-refractivity contribution in [3.8, 4) is 22.5 Å². The number of halogens is 5. The predicted octanol–water partition coefficient (Wildman–Crippen LogP) is 10.3. The van der Waals surface area contributed by atoms with Gasteiger partial charge in [-0.15, -0.1) is 23.2 Å². The van der Waals surface area contributed by atoms with Gasteiger partial charge in [0.2, 0.25) is 11.1 Å². The van der Waals surface area contributed by atoms with Crippen LogP contribution in [0.3, 0.4) is 0 Å². The second-order valence-corrected chi connectivity index (χ2v) is 16.0. The molecule has 2 amide bonds. The molecule has 5 aromatic rings. The van der Waals surface area contributed by atoms with E-state index in [2.05, 4.69) is 90.0 Å². The minimum absolute atomic E-state index is 0.00645. The second-order valence-electron chi connectivity index (χ2n) is 12.4. The number of hydrogen-bond donors (Lipinski definition) is 2. The van der Waals surface area contributed by atoms with Gasteiger partial charge in [0, 0.05) is 69.4 Å². The Morgan fingerprint density at radius 3 is 1.60 bits per heavy atom. The summed E-state index contributed by atoms with van der Waals surface area (Å²) in [7, 11) is 3.87. The highest BCUT2D eigenvalue weighted by atomic mass is 127. The molecule has 3 aromatic carbocycles. The standard InChI is InChI=1S/C20H20IN3O2.C16H19ClIN3O.C4H6Cl2O/c1-14(22-20(25)26-13-15-6-4-3-5-7-15)19-23-18(12-24(19)2)16-8-10-17(21)11-9-16;1-11(19-15(22)4-3-9-17)16-20-14(10-21(16)2)12-5-7-13(18)8-6-12;5-3-1-2-4(6)7/h3-12,14H,13H2,1-2H3,(H,22,25);5-8,10-11H,3-4,9H2,1-2H3,(H,19,22);1-3H2/t14-;11-;/m11./s1. The lowest BCUT2D eigenvalue weighted by Gasteiger charge is -2.13. The van der Waals surface area contributed by atoms with Crippen molar-refractivity contribution >= 4 is 97.2 Å². The van der Waals surface area contributed by atoms with Crippen LogP contribution in [-0.2, 0) is 35.0 Å². The summed E-state index contributed by atoms with van der Waals surface area (Å²) < 4.78 is 11.5. The number of hydrogen-bond acceptors (Lipinski definition) is 6. The first-order valence-electron chi connectivity index (χ1n) is 17.5. The quantitative estimate of drug-likeness (QED) is 0.0650. The van der Waals surface area contributed by atoms with Crippen molar-refractivity contribution in [2.24, 2.45) is 14.1 Å². The molecular formula is C40H45Cl3I2N6O4. The molecule has 294 valence electrons. The Morgan fingerprint density at radius 2 is 1.16 bits per heavy atom. The van der Waals surface area contributed by atoms with Crippen LogP contribution in [0.1, 0.15) is 68.8 Å². The number of nitrogens with one attached hydrogen (secondary N) is 2. The summed E-state index contributed by atoms with van der Waals surface area (Å²) >= 11 is 20.4. The zero-order chi connectivity index (χ0) is 40.3. The highest BCUT2D eigenvalue weighted by molar-refractivity contribution is 14.1. The third kappa shape index (κ3) is 16.4. The first kappa shape index (κ1) is 46.2. The summed E-state index contributed by atoms with van der Waals surface area (Å²) in [6.45, 7) is 4.08. The zero-order valence-electron chi connectivity index (χ0n) is 31.1. The molecule has 0 spiro atoms. The van der Waals surface area contributed by atoms with E-state index >= 15 is 0 Å². The molecule has 15 heteroatoms. The molecule has 0 aliphatic carbocycles. The molecule has 0 fully saturated rings. The van der Waals surface area contributed by atoms with Gasteiger partial charge in [0.15, 0.2) is 0 Å². The zero-order valence-corrected chi connectivity index (χ0v) is 37.7. The van der Waals surface area contributed by atoms with E-state index in [9.17, 15) is 14.4 Å². The summed E-state index contributed by atoms with van der Waals surface area (Å²) in [5.41, 5.74) is 4.86. The smallest absolute Gasteiger partial charge is 0.408 e. The van der Waals surface area contributed by atoms with Crippen LogP contribution >= 0.6 is 80.0 Å². The number of nitrogens with zero attached hydrogens (tertiary/aromatic N) is 4. The maximum atomic E-state index is 12.1. The highest BCUT2D eigenvalue weighted by Crippen LogP contribution is 2.23. The number of rotatable bonds is 14. The van der Waals surface area contributed by atoms with E-state index in [0.29, 0.717) is 37.4 Å². The van der Waals surface area contributed by atoms with Crippen molar-refractivity contribution in [2.75, 3.05) is 11.8 Å². The summed E-state index contributed by atoms with van der Waals surface area (Å²) in [5, 5.41) is 5.49. The maximum absolute atomic E-state index is 12.1. The van der Waals surface area contributed by atoms with E-state index in [1.807, 2.05) is 104 Å². The molecule has 2 aromatic heterocycles. The Labute approximate surface area is 365 Å². The van der Waals surface area contributed by atoms with Crippen LogP contribution in [-0.4, -0.2) is 48.1 Å². The third-order valence-corrected chi connectivity index (χ3v) is 10.0. The van der Waals surface area contributed by atoms with Crippen molar-refractivity contribution < 1.29 is 19.1 Å². The van der Waals surface area contributed by atoms with E-state index < -0.39 is 6.09 Å². The summed E-state index contributed by atoms with van der Waals surface area (Å²) in [6, 6.07) is 25.6. The molecule has 0 radical (unpaired) electrons. The number of amides is 2. The minimum atomic E-state index is -0.458. The van der Waals surface area contributed by atoms with Crippen LogP contribution in [0.15, 0.2) is 91.3 Å². The van der Waals surface area contributed by atoms with Gasteiger partial charge in [-0.2, -0.15) is 0 Å². The van der Waals surface area contributed by atoms with Gasteiger partial charge in [-0.3, -0.25) is 9.59 Å². The van der Waals surface area contributed by atoms with Gasteiger partial charge in [0.1, 0.15) is 18.3 Å². The van der Waals surface area contributed by atoms with Gasteiger partial charge in [-0.05, 0) is 113 Å². The highest BCUT2D eigenvalue weighted by Gasteiger charge is 2.18. The molecule has 5 rings (SSSR count). The van der Waals surface area contributed by atoms with Gasteiger partial charge in [-0.1, -0.05) is 54.6 Å². The maximum Gasteiger partial charge on any atom is 0.408 e. The molecule has 0 aliphatic heterocycles. The number of carbonyl (C=O) groups is 3. The fourth-order valence-electron chi connectivity index (χ4n) is 5.10. The summed E-state index contributed by atoms with van der Waals surface area (Å²) in [6.07, 6.45) is 5.70. The van der Waals surface area contributed by atoms with Gasteiger partial charge >= 0.3 is 6.09 Å². The van der Waals surface area contributed by atoms with Crippen molar-refractivity contribution in [1.29, 1.82) is 0 Å². The molecule has 10 nitrogen and oxygen atoms in total. The molecule has 0 bridgehead atoms. The van der Waals surface area contributed by atoms with Gasteiger partial charge in [0.25, 0.3) is 0 Å². The number of carbonyl (C=O) groups excluding carboxylic acids is 3. The Bertz CT molecular complexity index is 1940. The topological polar surface area (TPSA) is 120 Å². The lowest BCUT2D eigenvalue weighted by atomic mass is 10.2. The Balaban J connectivity index is 0.000000255. The average molecular weight is 1030 g/mol. The van der Waals surface area contributed by atoms with Crippen LogP contribution in [0.4, 0.5) is 4.79 Å². The van der Waals surface area contributed by atoms with Crippen molar-refractivity contribution in [1.82, 2.24) is 29.7 Å². The fourth-order valence-corrected chi connectivity index (χ4v) is 6.22. The number of benzene rings is 3. The van der Waals surface area contributed by atoms with Crippen LogP contribution in [0.2, 0.25) is 0 Å². The Morgan fingerprint density at radius 1 is 0.709 bits per heavy atom. The van der Waals surface area contributed by atoms with Gasteiger partial charge in [0.05, 0.1) is 23.5 Å². The van der Waals surface area contributed by atoms with E-state index in [4.69, 9.17) is 39.5 Å². The molecule has 0 saturated heterocycles. The fraction of sp³-hybridized carbons (Fsp3) is 0.325. The Hall–Kier alpha value is -3.18. The molecule has 2 atom stereocenters. The lowest BCUT2D eigenvalue weighted by molar-refractivity contribution is -0.121. The third-order valence-electron chi connectivity index (χ3n) is 7.85. The van der Waals surface area contributed by atoms with E-state index in [0.717, 1.165) is 39.7 Å². The normalized spacial score (nSPS) is 11.6. The first-order valence-corrected chi connectivity index (χ1v) is 21.1. The number of alkyl halides is 2. The number of ether oxygens (including phenoxy) is 1. The molecule has 0 saturated carbocycles. The lowest BCUT2D eigenvalue weighted by Crippen LogP contribution is -2.28. The van der Waals surface area contributed by atoms with Crippen LogP contribution < -0.4 is 10.6 Å². The van der Waals surface area contributed by atoms with Crippen LogP contribution in [0.25, 0.3) is 22.5 Å². The predicted molar refractivity (Wildman–Crippen MR) is 238 cm³/mol. The largest absolute Gasteiger partial charge is 0.445 e. The molecule has 55 heavy (non-hydrogen) atoms. The van der Waals surface area contributed by atoms with E-state index in [1.165, 1.54) is 7.14 Å².